The molecule has 0 aromatic heterocycles. The Hall–Kier alpha value is -1.67. The lowest BCUT2D eigenvalue weighted by Gasteiger charge is -2.13. The smallest absolute Gasteiger partial charge is 0.264 e. The van der Waals surface area contributed by atoms with Gasteiger partial charge in [-0.15, -0.1) is 0 Å². The van der Waals surface area contributed by atoms with Crippen LogP contribution in [0.25, 0.3) is 0 Å². The molecule has 0 bridgehead atoms. The summed E-state index contributed by atoms with van der Waals surface area (Å²) in [7, 11) is -0.333. The average molecular weight is 318 g/mol. The number of hydrogen-bond acceptors (Lipinski definition) is 7. The minimum Gasteiger partial charge on any atom is -0.493 e. The van der Waals surface area contributed by atoms with Gasteiger partial charge in [0.15, 0.2) is 11.5 Å². The van der Waals surface area contributed by atoms with Gasteiger partial charge in [0.1, 0.15) is 0 Å². The zero-order valence-corrected chi connectivity index (χ0v) is 13.0. The van der Waals surface area contributed by atoms with E-state index < -0.39 is 10.1 Å². The summed E-state index contributed by atoms with van der Waals surface area (Å²) < 4.78 is 48.0. The first-order chi connectivity index (χ1) is 9.96. The Morgan fingerprint density at radius 1 is 1.19 bits per heavy atom. The molecule has 0 spiro atoms. The van der Waals surface area contributed by atoms with Crippen molar-refractivity contribution in [2.75, 3.05) is 33.9 Å². The van der Waals surface area contributed by atoms with Crippen LogP contribution >= 0.6 is 0 Å². The Labute approximate surface area is 123 Å². The molecule has 0 unspecified atom stereocenters. The highest BCUT2D eigenvalue weighted by molar-refractivity contribution is 7.85. The van der Waals surface area contributed by atoms with E-state index in [0.29, 0.717) is 35.8 Å². The van der Waals surface area contributed by atoms with E-state index in [1.165, 1.54) is 0 Å². The number of aryl methyl sites for hydroxylation is 1. The van der Waals surface area contributed by atoms with E-state index in [0.717, 1.165) is 11.8 Å². The third-order valence-electron chi connectivity index (χ3n) is 2.95. The zero-order valence-electron chi connectivity index (χ0n) is 12.2. The van der Waals surface area contributed by atoms with E-state index in [1.54, 1.807) is 20.3 Å². The summed E-state index contributed by atoms with van der Waals surface area (Å²) in [5.41, 5.74) is 0.843. The zero-order chi connectivity index (χ0) is 15.5. The summed E-state index contributed by atoms with van der Waals surface area (Å²) in [6.45, 7) is 0.224. The van der Waals surface area contributed by atoms with Crippen LogP contribution in [0.1, 0.15) is 12.0 Å². The van der Waals surface area contributed by atoms with E-state index in [9.17, 15) is 8.42 Å². The van der Waals surface area contributed by atoms with E-state index in [-0.39, 0.29) is 13.4 Å². The normalized spacial score (nSPS) is 13.3. The Bertz CT molecular complexity index is 609. The number of ether oxygens (including phenoxy) is 4. The van der Waals surface area contributed by atoms with Gasteiger partial charge in [0.25, 0.3) is 10.1 Å². The molecule has 2 rings (SSSR count). The molecule has 0 saturated carbocycles. The van der Waals surface area contributed by atoms with Crippen LogP contribution in [0.5, 0.6) is 23.0 Å². The number of hydrogen-bond donors (Lipinski definition) is 0. The fraction of sp³-hybridized carbons (Fsp3) is 0.538. The van der Waals surface area contributed by atoms with Crippen LogP contribution in [0, 0.1) is 0 Å². The monoisotopic (exact) mass is 318 g/mol. The highest BCUT2D eigenvalue weighted by Crippen LogP contribution is 2.49. The molecule has 0 atom stereocenters. The van der Waals surface area contributed by atoms with E-state index in [1.807, 2.05) is 0 Å². The molecule has 21 heavy (non-hydrogen) atoms. The van der Waals surface area contributed by atoms with Gasteiger partial charge in [-0.1, -0.05) is 0 Å². The van der Waals surface area contributed by atoms with Gasteiger partial charge in [-0.25, -0.2) is 0 Å². The van der Waals surface area contributed by atoms with E-state index in [2.05, 4.69) is 0 Å². The summed E-state index contributed by atoms with van der Waals surface area (Å²) in [4.78, 5) is 0. The van der Waals surface area contributed by atoms with Crippen molar-refractivity contribution in [1.29, 1.82) is 0 Å². The van der Waals surface area contributed by atoms with Crippen LogP contribution in [0.4, 0.5) is 0 Å². The minimum absolute atomic E-state index is 0.110. The summed E-state index contributed by atoms with van der Waals surface area (Å²) in [5.74, 6) is 2.16. The molecule has 1 aliphatic heterocycles. The standard InChI is InChI=1S/C13H18O7S/c1-16-10-7-9(5-4-6-20-21(3,14)15)11(17-2)13-12(10)18-8-19-13/h7H,4-6,8H2,1-3H3. The lowest BCUT2D eigenvalue weighted by atomic mass is 10.1. The molecule has 0 radical (unpaired) electrons. The Morgan fingerprint density at radius 3 is 2.52 bits per heavy atom. The summed E-state index contributed by atoms with van der Waals surface area (Å²) in [5, 5.41) is 0. The van der Waals surface area contributed by atoms with E-state index in [4.69, 9.17) is 23.1 Å². The van der Waals surface area contributed by atoms with Crippen molar-refractivity contribution in [3.05, 3.63) is 11.6 Å². The fourth-order valence-electron chi connectivity index (χ4n) is 2.10. The molecule has 0 saturated heterocycles. The highest BCUT2D eigenvalue weighted by atomic mass is 32.2. The number of rotatable bonds is 7. The molecule has 0 aliphatic carbocycles. The Balaban J connectivity index is 2.15. The molecule has 8 heteroatoms. The minimum atomic E-state index is -3.42. The van der Waals surface area contributed by atoms with Crippen molar-refractivity contribution in [2.45, 2.75) is 12.8 Å². The second-order valence-electron chi connectivity index (χ2n) is 4.47. The van der Waals surface area contributed by atoms with Crippen LogP contribution in [0.15, 0.2) is 6.07 Å². The van der Waals surface area contributed by atoms with Gasteiger partial charge in [-0.3, -0.25) is 4.18 Å². The average Bonchev–Trinajstić information content (AvgIpc) is 2.90. The van der Waals surface area contributed by atoms with Crippen molar-refractivity contribution in [1.82, 2.24) is 0 Å². The predicted octanol–water partition coefficient (Wildman–Crippen LogP) is 1.34. The van der Waals surface area contributed by atoms with Crippen molar-refractivity contribution in [2.24, 2.45) is 0 Å². The van der Waals surface area contributed by atoms with Crippen molar-refractivity contribution in [3.8, 4) is 23.0 Å². The lowest BCUT2D eigenvalue weighted by Crippen LogP contribution is -2.05. The van der Waals surface area contributed by atoms with Crippen molar-refractivity contribution >= 4 is 10.1 Å². The second-order valence-corrected chi connectivity index (χ2v) is 6.11. The first kappa shape index (κ1) is 15.7. The molecular formula is C13H18O7S. The van der Waals surface area contributed by atoms with Crippen molar-refractivity contribution < 1.29 is 31.5 Å². The van der Waals surface area contributed by atoms with Crippen molar-refractivity contribution in [3.63, 3.8) is 0 Å². The Morgan fingerprint density at radius 2 is 1.90 bits per heavy atom. The summed E-state index contributed by atoms with van der Waals surface area (Å²) in [6, 6.07) is 1.80. The van der Waals surface area contributed by atoms with Gasteiger partial charge >= 0.3 is 0 Å². The molecule has 0 fully saturated rings. The molecule has 118 valence electrons. The van der Waals surface area contributed by atoms with Crippen LogP contribution in [0.2, 0.25) is 0 Å². The Kier molecular flexibility index (Phi) is 4.79. The molecule has 1 heterocycles. The number of methoxy groups -OCH3 is 2. The largest absolute Gasteiger partial charge is 0.493 e. The van der Waals surface area contributed by atoms with Gasteiger partial charge in [0, 0.05) is 5.56 Å². The molecular weight excluding hydrogens is 300 g/mol. The molecule has 7 nitrogen and oxygen atoms in total. The quantitative estimate of drug-likeness (QED) is 0.554. The molecule has 1 aromatic rings. The molecule has 1 aliphatic rings. The van der Waals surface area contributed by atoms with Gasteiger partial charge in [-0.05, 0) is 18.9 Å². The molecule has 0 N–H and O–H groups in total. The van der Waals surface area contributed by atoms with Crippen LogP contribution < -0.4 is 18.9 Å². The lowest BCUT2D eigenvalue weighted by molar-refractivity contribution is 0.168. The first-order valence-electron chi connectivity index (χ1n) is 6.34. The summed E-state index contributed by atoms with van der Waals surface area (Å²) >= 11 is 0. The SMILES string of the molecule is COc1cc(CCCOS(C)(=O)=O)c(OC)c2c1OCO2. The number of fused-ring (bicyclic) bond motifs is 1. The van der Waals surface area contributed by atoms with Crippen LogP contribution in [-0.4, -0.2) is 42.3 Å². The molecule has 1 aromatic carbocycles. The van der Waals surface area contributed by atoms with Gasteiger partial charge in [0.2, 0.25) is 18.3 Å². The summed E-state index contributed by atoms with van der Waals surface area (Å²) in [6.07, 6.45) is 2.11. The van der Waals surface area contributed by atoms with Crippen LogP contribution in [-0.2, 0) is 20.7 Å². The van der Waals surface area contributed by atoms with E-state index >= 15 is 0 Å². The highest BCUT2D eigenvalue weighted by Gasteiger charge is 2.26. The third-order valence-corrected chi connectivity index (χ3v) is 3.55. The topological polar surface area (TPSA) is 80.3 Å². The maximum absolute atomic E-state index is 10.9. The second kappa shape index (κ2) is 6.40. The maximum Gasteiger partial charge on any atom is 0.264 e. The van der Waals surface area contributed by atoms with Gasteiger partial charge < -0.3 is 18.9 Å². The van der Waals surface area contributed by atoms with Crippen LogP contribution in [0.3, 0.4) is 0 Å². The predicted molar refractivity (Wildman–Crippen MR) is 74.8 cm³/mol. The first-order valence-corrected chi connectivity index (χ1v) is 8.15. The third kappa shape index (κ3) is 3.70. The number of benzene rings is 1. The maximum atomic E-state index is 10.9. The van der Waals surface area contributed by atoms with Gasteiger partial charge in [0.05, 0.1) is 27.1 Å². The molecule has 0 amide bonds. The fourth-order valence-corrected chi connectivity index (χ4v) is 2.52. The van der Waals surface area contributed by atoms with Gasteiger partial charge in [-0.2, -0.15) is 8.42 Å².